The second-order valence-electron chi connectivity index (χ2n) is 5.43. The van der Waals surface area contributed by atoms with Crippen molar-refractivity contribution in [1.82, 2.24) is 0 Å². The molecule has 0 N–H and O–H groups in total. The molecule has 0 spiro atoms. The molecule has 2 aromatic rings. The van der Waals surface area contributed by atoms with E-state index >= 15 is 0 Å². The number of ether oxygens (including phenoxy) is 1. The van der Waals surface area contributed by atoms with Gasteiger partial charge in [0.25, 0.3) is 0 Å². The van der Waals surface area contributed by atoms with Crippen LogP contribution >= 0.6 is 0 Å². The normalized spacial score (nSPS) is 22.4. The van der Waals surface area contributed by atoms with E-state index < -0.39 is 0 Å². The fourth-order valence-corrected chi connectivity index (χ4v) is 2.76. The molecule has 2 unspecified atom stereocenters. The van der Waals surface area contributed by atoms with Crippen molar-refractivity contribution in [3.8, 4) is 0 Å². The summed E-state index contributed by atoms with van der Waals surface area (Å²) < 4.78 is 5.76. The lowest BCUT2D eigenvalue weighted by molar-refractivity contribution is -0.110. The zero-order chi connectivity index (χ0) is 15.8. The Kier molecular flexibility index (Phi) is 5.91. The zero-order valence-corrected chi connectivity index (χ0v) is 13.4. The van der Waals surface area contributed by atoms with Crippen LogP contribution in [0.3, 0.4) is 0 Å². The van der Waals surface area contributed by atoms with Gasteiger partial charge in [-0.05, 0) is 23.5 Å². The topological polar surface area (TPSA) is 26.3 Å². The first-order valence-electron chi connectivity index (χ1n) is 7.99. The molecule has 1 fully saturated rings. The van der Waals surface area contributed by atoms with Gasteiger partial charge >= 0.3 is 0 Å². The van der Waals surface area contributed by atoms with E-state index in [-0.39, 0.29) is 5.41 Å². The smallest absolute Gasteiger partial charge is 0.130 e. The molecule has 3 rings (SSSR count). The van der Waals surface area contributed by atoms with Gasteiger partial charge in [-0.15, -0.1) is 0 Å². The highest BCUT2D eigenvalue weighted by molar-refractivity contribution is 5.74. The van der Waals surface area contributed by atoms with Crippen molar-refractivity contribution in [2.45, 2.75) is 32.3 Å². The molecular formula is C20H24O2. The Balaban J connectivity index is 0.000000847. The van der Waals surface area contributed by atoms with Crippen LogP contribution in [0.2, 0.25) is 0 Å². The van der Waals surface area contributed by atoms with Crippen molar-refractivity contribution in [3.05, 3.63) is 71.8 Å². The number of carbonyl (C=O) groups is 1. The van der Waals surface area contributed by atoms with Gasteiger partial charge in [-0.3, -0.25) is 0 Å². The third kappa shape index (κ3) is 3.63. The molecule has 2 nitrogen and oxygen atoms in total. The molecule has 0 saturated heterocycles. The molecule has 2 heteroatoms. The Morgan fingerprint density at radius 2 is 1.64 bits per heavy atom. The lowest BCUT2D eigenvalue weighted by Crippen LogP contribution is -2.14. The van der Waals surface area contributed by atoms with E-state index in [1.54, 1.807) is 0 Å². The first-order chi connectivity index (χ1) is 10.8. The maximum atomic E-state index is 11.5. The predicted molar refractivity (Wildman–Crippen MR) is 89.7 cm³/mol. The van der Waals surface area contributed by atoms with Crippen molar-refractivity contribution in [1.29, 1.82) is 0 Å². The largest absolute Gasteiger partial charge is 0.376 e. The van der Waals surface area contributed by atoms with Crippen LogP contribution in [0.25, 0.3) is 0 Å². The summed E-state index contributed by atoms with van der Waals surface area (Å²) in [5.41, 5.74) is 1.98. The van der Waals surface area contributed by atoms with Gasteiger partial charge in [-0.25, -0.2) is 0 Å². The van der Waals surface area contributed by atoms with Gasteiger partial charge < -0.3 is 9.53 Å². The number of benzene rings is 2. The van der Waals surface area contributed by atoms with Crippen LogP contribution in [0.4, 0.5) is 0 Å². The van der Waals surface area contributed by atoms with Crippen molar-refractivity contribution in [3.63, 3.8) is 0 Å². The van der Waals surface area contributed by atoms with E-state index in [0.717, 1.165) is 18.3 Å². The van der Waals surface area contributed by atoms with Gasteiger partial charge in [0.05, 0.1) is 18.6 Å². The van der Waals surface area contributed by atoms with Crippen molar-refractivity contribution in [2.75, 3.05) is 6.61 Å². The molecule has 0 aromatic heterocycles. The zero-order valence-electron chi connectivity index (χ0n) is 13.4. The monoisotopic (exact) mass is 296 g/mol. The molecule has 0 amide bonds. The van der Waals surface area contributed by atoms with Crippen molar-refractivity contribution in [2.24, 2.45) is 5.92 Å². The van der Waals surface area contributed by atoms with Crippen LogP contribution in [-0.4, -0.2) is 12.9 Å². The standard InChI is InChI=1S/C18H18O2.C2H6/c19-14-18(16-9-5-2-6-10-16)11-17(18)13-20-12-15-7-3-1-4-8-15;1-2/h1-10,14,17H,11-13H2;1-2H3. The van der Waals surface area contributed by atoms with E-state index in [9.17, 15) is 4.79 Å². The Hall–Kier alpha value is -1.93. The second kappa shape index (κ2) is 7.90. The number of carbonyl (C=O) groups excluding carboxylic acids is 1. The molecule has 2 atom stereocenters. The summed E-state index contributed by atoms with van der Waals surface area (Å²) in [5, 5.41) is 0. The van der Waals surface area contributed by atoms with Crippen LogP contribution in [0, 0.1) is 5.92 Å². The fourth-order valence-electron chi connectivity index (χ4n) is 2.76. The SMILES string of the molecule is CC.O=CC1(c2ccccc2)CC1COCc1ccccc1. The highest BCUT2D eigenvalue weighted by atomic mass is 16.5. The molecule has 0 bridgehead atoms. The molecule has 116 valence electrons. The molecule has 22 heavy (non-hydrogen) atoms. The first-order valence-corrected chi connectivity index (χ1v) is 7.99. The Bertz CT molecular complexity index is 565. The molecule has 1 saturated carbocycles. The lowest BCUT2D eigenvalue weighted by atomic mass is 9.95. The van der Waals surface area contributed by atoms with Gasteiger partial charge in [-0.2, -0.15) is 0 Å². The molecule has 0 aliphatic heterocycles. The third-order valence-electron chi connectivity index (χ3n) is 4.10. The average molecular weight is 296 g/mol. The highest BCUT2D eigenvalue weighted by Crippen LogP contribution is 2.52. The van der Waals surface area contributed by atoms with Crippen LogP contribution in [-0.2, 0) is 21.6 Å². The van der Waals surface area contributed by atoms with Crippen LogP contribution in [0.5, 0.6) is 0 Å². The van der Waals surface area contributed by atoms with Gasteiger partial charge in [-0.1, -0.05) is 74.5 Å². The summed E-state index contributed by atoms with van der Waals surface area (Å²) in [6.07, 6.45) is 1.99. The molecular weight excluding hydrogens is 272 g/mol. The summed E-state index contributed by atoms with van der Waals surface area (Å²) in [4.78, 5) is 11.5. The minimum atomic E-state index is -0.308. The van der Waals surface area contributed by atoms with E-state index in [2.05, 4.69) is 12.1 Å². The molecule has 0 heterocycles. The Labute approximate surface area is 133 Å². The van der Waals surface area contributed by atoms with Crippen LogP contribution in [0.1, 0.15) is 31.4 Å². The van der Waals surface area contributed by atoms with Gasteiger partial charge in [0.1, 0.15) is 6.29 Å². The third-order valence-corrected chi connectivity index (χ3v) is 4.10. The molecule has 1 aliphatic carbocycles. The minimum Gasteiger partial charge on any atom is -0.376 e. The van der Waals surface area contributed by atoms with Crippen molar-refractivity contribution >= 4 is 6.29 Å². The number of aldehydes is 1. The first kappa shape index (κ1) is 16.4. The predicted octanol–water partition coefficient (Wildman–Crippen LogP) is 4.39. The van der Waals surface area contributed by atoms with E-state index in [0.29, 0.717) is 19.1 Å². The maximum Gasteiger partial charge on any atom is 0.130 e. The van der Waals surface area contributed by atoms with E-state index in [1.807, 2.05) is 62.4 Å². The van der Waals surface area contributed by atoms with E-state index in [4.69, 9.17) is 4.74 Å². The summed E-state index contributed by atoms with van der Waals surface area (Å²) in [7, 11) is 0. The van der Waals surface area contributed by atoms with Gasteiger partial charge in [0.15, 0.2) is 0 Å². The van der Waals surface area contributed by atoms with E-state index in [1.165, 1.54) is 5.56 Å². The van der Waals surface area contributed by atoms with Crippen LogP contribution < -0.4 is 0 Å². The number of rotatable bonds is 6. The number of hydrogen-bond donors (Lipinski definition) is 0. The summed E-state index contributed by atoms with van der Waals surface area (Å²) >= 11 is 0. The Morgan fingerprint density at radius 1 is 1.05 bits per heavy atom. The second-order valence-corrected chi connectivity index (χ2v) is 5.43. The Morgan fingerprint density at radius 3 is 2.23 bits per heavy atom. The van der Waals surface area contributed by atoms with Gasteiger partial charge in [0, 0.05) is 0 Å². The maximum absolute atomic E-state index is 11.5. The highest BCUT2D eigenvalue weighted by Gasteiger charge is 2.55. The van der Waals surface area contributed by atoms with Crippen molar-refractivity contribution < 1.29 is 9.53 Å². The summed E-state index contributed by atoms with van der Waals surface area (Å²) in [5.74, 6) is 0.311. The minimum absolute atomic E-state index is 0.308. The quantitative estimate of drug-likeness (QED) is 0.739. The van der Waals surface area contributed by atoms with Crippen LogP contribution in [0.15, 0.2) is 60.7 Å². The fraction of sp³-hybridized carbons (Fsp3) is 0.350. The molecule has 2 aromatic carbocycles. The summed E-state index contributed by atoms with van der Waals surface area (Å²) in [6.45, 7) is 5.25. The van der Waals surface area contributed by atoms with Gasteiger partial charge in [0.2, 0.25) is 0 Å². The lowest BCUT2D eigenvalue weighted by Gasteiger charge is -2.11. The summed E-state index contributed by atoms with van der Waals surface area (Å²) in [6, 6.07) is 20.1. The average Bonchev–Trinajstić information content (AvgIpc) is 3.33. The molecule has 0 radical (unpaired) electrons. The molecule has 1 aliphatic rings. The number of hydrogen-bond acceptors (Lipinski definition) is 2.